The SMILES string of the molecule is CN=C(C)/C(=C\N)CN(C)C(=C=O)c1ccc(-c2cccc(NC(/C=C(\N)NC(=O)C3CC3)=C(/N)C(=O)NC)c2OC)cn1. The predicted octanol–water partition coefficient (Wildman–Crippen LogP) is 1.45. The molecular formula is C31H39N9O4. The third-order valence-corrected chi connectivity index (χ3v) is 6.97. The van der Waals surface area contributed by atoms with Gasteiger partial charge in [-0.1, -0.05) is 18.2 Å². The molecule has 0 saturated heterocycles. The molecule has 1 aliphatic carbocycles. The molecule has 0 unspecified atom stereocenters. The first-order chi connectivity index (χ1) is 21.1. The Bertz CT molecular complexity index is 1560. The molecule has 44 heavy (non-hydrogen) atoms. The van der Waals surface area contributed by atoms with Crippen molar-refractivity contribution >= 4 is 34.9 Å². The van der Waals surface area contributed by atoms with Gasteiger partial charge >= 0.3 is 0 Å². The van der Waals surface area contributed by atoms with Crippen molar-refractivity contribution in [1.82, 2.24) is 20.5 Å². The second-order valence-electron chi connectivity index (χ2n) is 10.0. The molecule has 13 heteroatoms. The van der Waals surface area contributed by atoms with E-state index in [9.17, 15) is 14.4 Å². The molecule has 0 aliphatic heterocycles. The van der Waals surface area contributed by atoms with Gasteiger partial charge in [-0.05, 0) is 31.9 Å². The Kier molecular flexibility index (Phi) is 11.3. The zero-order chi connectivity index (χ0) is 32.4. The van der Waals surface area contributed by atoms with E-state index >= 15 is 0 Å². The highest BCUT2D eigenvalue weighted by Crippen LogP contribution is 2.37. The molecule has 1 aliphatic rings. The average Bonchev–Trinajstić information content (AvgIpc) is 3.89. The van der Waals surface area contributed by atoms with Crippen molar-refractivity contribution in [2.75, 3.05) is 40.1 Å². The van der Waals surface area contributed by atoms with E-state index in [1.807, 2.05) is 18.9 Å². The van der Waals surface area contributed by atoms with E-state index in [-0.39, 0.29) is 34.7 Å². The quantitative estimate of drug-likeness (QED) is 0.0844. The first kappa shape index (κ1) is 33.0. The zero-order valence-electron chi connectivity index (χ0n) is 25.5. The maximum atomic E-state index is 12.4. The van der Waals surface area contributed by atoms with Crippen LogP contribution in [0.5, 0.6) is 5.75 Å². The summed E-state index contributed by atoms with van der Waals surface area (Å²) in [7, 11) is 6.37. The van der Waals surface area contributed by atoms with Gasteiger partial charge in [0.05, 0.1) is 24.2 Å². The Hall–Kier alpha value is -5.55. The molecule has 13 nitrogen and oxygen atoms in total. The molecule has 0 radical (unpaired) electrons. The summed E-state index contributed by atoms with van der Waals surface area (Å²) in [6.07, 6.45) is 6.08. The fraction of sp³-hybridized carbons (Fsp3) is 0.290. The number of ether oxygens (including phenoxy) is 1. The first-order valence-corrected chi connectivity index (χ1v) is 13.8. The summed E-state index contributed by atoms with van der Waals surface area (Å²) in [5.74, 6) is 1.63. The minimum atomic E-state index is -0.546. The van der Waals surface area contributed by atoms with Gasteiger partial charge in [0.2, 0.25) is 5.91 Å². The second-order valence-corrected chi connectivity index (χ2v) is 10.0. The molecule has 2 aromatic rings. The Morgan fingerprint density at radius 2 is 1.95 bits per heavy atom. The molecule has 1 heterocycles. The molecule has 2 amide bonds. The smallest absolute Gasteiger partial charge is 0.269 e. The normalized spacial score (nSPS) is 14.2. The largest absolute Gasteiger partial charge is 0.494 e. The van der Waals surface area contributed by atoms with Crippen LogP contribution in [-0.4, -0.2) is 68.1 Å². The molecular weight excluding hydrogens is 562 g/mol. The van der Waals surface area contributed by atoms with Crippen molar-refractivity contribution in [3.63, 3.8) is 0 Å². The zero-order valence-corrected chi connectivity index (χ0v) is 25.5. The number of aromatic nitrogens is 1. The number of pyridine rings is 1. The molecule has 0 bridgehead atoms. The first-order valence-electron chi connectivity index (χ1n) is 13.8. The van der Waals surface area contributed by atoms with Gasteiger partial charge in [-0.25, -0.2) is 4.79 Å². The standard InChI is InChI=1S/C31H39N9O4/c1-18(35-2)21(14-32)16-40(4)26(17-41)23-12-11-20(15-37-23)22-7-6-8-24(29(22)44-5)38-25(28(34)31(43)36-3)13-27(33)39-30(42)19-9-10-19/h6-8,11-15,19,38H,9-10,16,32-34H2,1-5H3,(H,36,43)(H,39,42)/b21-14-,27-13+,28-25+,35-18?. The number of para-hydroxylation sites is 1. The van der Waals surface area contributed by atoms with E-state index in [0.717, 1.165) is 24.1 Å². The lowest BCUT2D eigenvalue weighted by molar-refractivity contribution is -0.121. The predicted molar refractivity (Wildman–Crippen MR) is 171 cm³/mol. The number of aliphatic imine (C=N–C) groups is 1. The Morgan fingerprint density at radius 1 is 1.23 bits per heavy atom. The Balaban J connectivity index is 1.93. The van der Waals surface area contributed by atoms with Crippen LogP contribution in [0, 0.1) is 5.92 Å². The van der Waals surface area contributed by atoms with Gasteiger partial charge in [-0.3, -0.25) is 19.6 Å². The van der Waals surface area contributed by atoms with Crippen molar-refractivity contribution in [1.29, 1.82) is 0 Å². The van der Waals surface area contributed by atoms with Gasteiger partial charge < -0.3 is 42.8 Å². The number of hydrogen-bond donors (Lipinski definition) is 6. The number of allylic oxidation sites excluding steroid dienone is 1. The maximum absolute atomic E-state index is 12.4. The molecule has 0 spiro atoms. The number of benzene rings is 1. The highest BCUT2D eigenvalue weighted by Gasteiger charge is 2.29. The summed E-state index contributed by atoms with van der Waals surface area (Å²) in [5.41, 5.74) is 22.0. The van der Waals surface area contributed by atoms with Crippen LogP contribution in [0.3, 0.4) is 0 Å². The fourth-order valence-electron chi connectivity index (χ4n) is 4.23. The maximum Gasteiger partial charge on any atom is 0.269 e. The minimum Gasteiger partial charge on any atom is -0.494 e. The van der Waals surface area contributed by atoms with Gasteiger partial charge in [0.1, 0.15) is 23.0 Å². The van der Waals surface area contributed by atoms with E-state index in [0.29, 0.717) is 34.8 Å². The van der Waals surface area contributed by atoms with Crippen LogP contribution in [-0.2, 0) is 14.4 Å². The number of hydrogen-bond acceptors (Lipinski definition) is 11. The molecule has 1 aromatic heterocycles. The fourth-order valence-corrected chi connectivity index (χ4v) is 4.23. The molecule has 1 aromatic carbocycles. The van der Waals surface area contributed by atoms with Gasteiger partial charge in [0, 0.05) is 74.5 Å². The molecule has 3 rings (SSSR count). The number of amides is 2. The molecule has 1 saturated carbocycles. The molecule has 1 fully saturated rings. The number of carbonyl (C=O) groups is 2. The highest BCUT2D eigenvalue weighted by atomic mass is 16.5. The molecule has 0 atom stereocenters. The number of likely N-dealkylation sites (N-methyl/N-ethyl adjacent to an activating group) is 2. The Labute approximate surface area is 256 Å². The Morgan fingerprint density at radius 3 is 2.50 bits per heavy atom. The lowest BCUT2D eigenvalue weighted by atomic mass is 10.0. The van der Waals surface area contributed by atoms with Crippen molar-refractivity contribution in [2.24, 2.45) is 28.1 Å². The van der Waals surface area contributed by atoms with E-state index in [2.05, 4.69) is 25.9 Å². The molecule has 232 valence electrons. The minimum absolute atomic E-state index is 0.0291. The lowest BCUT2D eigenvalue weighted by Crippen LogP contribution is -2.31. The topological polar surface area (TPSA) is 203 Å². The van der Waals surface area contributed by atoms with E-state index in [1.54, 1.807) is 49.5 Å². The lowest BCUT2D eigenvalue weighted by Gasteiger charge is -2.21. The third-order valence-electron chi connectivity index (χ3n) is 6.97. The van der Waals surface area contributed by atoms with Gasteiger partial charge in [0.15, 0.2) is 5.94 Å². The number of methoxy groups -OCH3 is 1. The summed E-state index contributed by atoms with van der Waals surface area (Å²) < 4.78 is 5.75. The summed E-state index contributed by atoms with van der Waals surface area (Å²) in [4.78, 5) is 46.9. The summed E-state index contributed by atoms with van der Waals surface area (Å²) in [5, 5.41) is 8.23. The summed E-state index contributed by atoms with van der Waals surface area (Å²) in [6.45, 7) is 2.18. The van der Waals surface area contributed by atoms with Crippen LogP contribution >= 0.6 is 0 Å². The van der Waals surface area contributed by atoms with E-state index in [4.69, 9.17) is 21.9 Å². The van der Waals surface area contributed by atoms with Crippen molar-refractivity contribution in [2.45, 2.75) is 19.8 Å². The number of nitrogens with zero attached hydrogens (tertiary/aromatic N) is 3. The monoisotopic (exact) mass is 601 g/mol. The van der Waals surface area contributed by atoms with Crippen molar-refractivity contribution < 1.29 is 19.1 Å². The number of nitrogens with two attached hydrogens (primary N) is 3. The number of anilines is 1. The average molecular weight is 602 g/mol. The summed E-state index contributed by atoms with van der Waals surface area (Å²) >= 11 is 0. The molecule has 9 N–H and O–H groups in total. The van der Waals surface area contributed by atoms with Crippen LogP contribution in [0.2, 0.25) is 0 Å². The number of nitrogens with one attached hydrogen (secondary N) is 3. The number of carbonyl (C=O) groups excluding carboxylic acids is 3. The second kappa shape index (κ2) is 15.1. The van der Waals surface area contributed by atoms with Gasteiger partial charge in [0.25, 0.3) is 5.91 Å². The van der Waals surface area contributed by atoms with Gasteiger partial charge in [-0.15, -0.1) is 0 Å². The van der Waals surface area contributed by atoms with E-state index in [1.165, 1.54) is 26.4 Å². The van der Waals surface area contributed by atoms with Crippen LogP contribution in [0.15, 0.2) is 76.6 Å². The van der Waals surface area contributed by atoms with Crippen molar-refractivity contribution in [3.8, 4) is 16.9 Å². The van der Waals surface area contributed by atoms with Crippen LogP contribution in [0.4, 0.5) is 5.69 Å². The van der Waals surface area contributed by atoms with E-state index < -0.39 is 5.91 Å². The van der Waals surface area contributed by atoms with Gasteiger partial charge in [-0.2, -0.15) is 0 Å². The van der Waals surface area contributed by atoms with Crippen LogP contribution in [0.25, 0.3) is 16.8 Å². The summed E-state index contributed by atoms with van der Waals surface area (Å²) in [6, 6.07) is 8.86. The third kappa shape index (κ3) is 8.05. The van der Waals surface area contributed by atoms with Crippen LogP contribution in [0.1, 0.15) is 25.5 Å². The number of rotatable bonds is 13. The highest BCUT2D eigenvalue weighted by molar-refractivity contribution is 5.99. The van der Waals surface area contributed by atoms with Crippen LogP contribution < -0.4 is 37.9 Å². The van der Waals surface area contributed by atoms with Crippen molar-refractivity contribution in [3.05, 3.63) is 77.3 Å².